The van der Waals surface area contributed by atoms with Crippen LogP contribution in [0.5, 0.6) is 0 Å². The lowest BCUT2D eigenvalue weighted by Crippen LogP contribution is -2.49. The van der Waals surface area contributed by atoms with E-state index in [2.05, 4.69) is 52.3 Å². The molecular formula is C24H35N5O. The maximum atomic E-state index is 12.7. The summed E-state index contributed by atoms with van der Waals surface area (Å²) in [5.41, 5.74) is 9.37. The highest BCUT2D eigenvalue weighted by Gasteiger charge is 2.29. The van der Waals surface area contributed by atoms with E-state index in [1.807, 2.05) is 12.3 Å². The molecule has 0 radical (unpaired) electrons. The minimum Gasteiger partial charge on any atom is -0.352 e. The number of nitrogens with two attached hydrogens (primary N) is 1. The summed E-state index contributed by atoms with van der Waals surface area (Å²) < 4.78 is 0. The van der Waals surface area contributed by atoms with E-state index in [1.165, 1.54) is 10.9 Å². The van der Waals surface area contributed by atoms with Crippen LogP contribution in [0.1, 0.15) is 43.2 Å². The van der Waals surface area contributed by atoms with E-state index in [9.17, 15) is 4.79 Å². The fourth-order valence-corrected chi connectivity index (χ4v) is 5.22. The van der Waals surface area contributed by atoms with Gasteiger partial charge >= 0.3 is 0 Å². The van der Waals surface area contributed by atoms with Crippen LogP contribution in [-0.2, 0) is 11.3 Å². The molecule has 2 aliphatic rings. The van der Waals surface area contributed by atoms with Crippen molar-refractivity contribution in [1.82, 2.24) is 20.1 Å². The molecule has 162 valence electrons. The molecule has 2 aliphatic heterocycles. The van der Waals surface area contributed by atoms with Crippen molar-refractivity contribution in [1.29, 1.82) is 0 Å². The molecule has 0 unspecified atom stereocenters. The molecule has 1 amide bonds. The Bertz CT molecular complexity index is 877. The summed E-state index contributed by atoms with van der Waals surface area (Å²) in [6.45, 7) is 7.30. The Balaban J connectivity index is 1.45. The van der Waals surface area contributed by atoms with E-state index in [0.717, 1.165) is 56.5 Å². The maximum absolute atomic E-state index is 12.7. The van der Waals surface area contributed by atoms with E-state index in [-0.39, 0.29) is 5.91 Å². The van der Waals surface area contributed by atoms with Gasteiger partial charge in [0, 0.05) is 37.3 Å². The van der Waals surface area contributed by atoms with Crippen LogP contribution in [-0.4, -0.2) is 66.5 Å². The fourth-order valence-electron chi connectivity index (χ4n) is 5.22. The standard InChI is InChI=1S/C24H35N5O/c1-17-12-19(21-6-5-18(13-25)24-22(21)4-3-9-26-24)15-29(14-17)16-23(30)27-20-7-10-28(2)11-8-20/h3-6,9,17,19-20H,7-8,10-16,25H2,1-2H3,(H,27,30)/t17-,19+/m1/s1. The van der Waals surface area contributed by atoms with E-state index < -0.39 is 0 Å². The average molecular weight is 410 g/mol. The number of nitrogens with zero attached hydrogens (tertiary/aromatic N) is 3. The molecule has 30 heavy (non-hydrogen) atoms. The third-order valence-electron chi connectivity index (χ3n) is 6.73. The van der Waals surface area contributed by atoms with Crippen molar-refractivity contribution < 1.29 is 4.79 Å². The number of carbonyl (C=O) groups is 1. The number of hydrogen-bond acceptors (Lipinski definition) is 5. The summed E-state index contributed by atoms with van der Waals surface area (Å²) >= 11 is 0. The first-order valence-corrected chi connectivity index (χ1v) is 11.3. The molecule has 2 fully saturated rings. The van der Waals surface area contributed by atoms with Crippen LogP contribution >= 0.6 is 0 Å². The van der Waals surface area contributed by atoms with Crippen molar-refractivity contribution in [2.45, 2.75) is 44.7 Å². The molecule has 2 atom stereocenters. The van der Waals surface area contributed by atoms with Gasteiger partial charge in [-0.25, -0.2) is 0 Å². The topological polar surface area (TPSA) is 74.5 Å². The number of nitrogens with one attached hydrogen (secondary N) is 1. The second kappa shape index (κ2) is 9.41. The van der Waals surface area contributed by atoms with E-state index >= 15 is 0 Å². The highest BCUT2D eigenvalue weighted by Crippen LogP contribution is 2.34. The number of pyridine rings is 1. The van der Waals surface area contributed by atoms with E-state index in [0.29, 0.717) is 31.0 Å². The van der Waals surface area contributed by atoms with Gasteiger partial charge in [-0.2, -0.15) is 0 Å². The quantitative estimate of drug-likeness (QED) is 0.793. The number of aromatic nitrogens is 1. The molecule has 4 rings (SSSR count). The molecule has 2 aromatic rings. The smallest absolute Gasteiger partial charge is 0.234 e. The van der Waals surface area contributed by atoms with Gasteiger partial charge in [0.25, 0.3) is 0 Å². The van der Waals surface area contributed by atoms with Gasteiger partial charge in [0.2, 0.25) is 5.91 Å². The minimum absolute atomic E-state index is 0.169. The van der Waals surface area contributed by atoms with Crippen LogP contribution in [0.2, 0.25) is 0 Å². The van der Waals surface area contributed by atoms with Crippen molar-refractivity contribution in [3.8, 4) is 0 Å². The largest absolute Gasteiger partial charge is 0.352 e. The van der Waals surface area contributed by atoms with Crippen LogP contribution in [0.25, 0.3) is 10.9 Å². The zero-order valence-electron chi connectivity index (χ0n) is 18.3. The number of amides is 1. The van der Waals surface area contributed by atoms with E-state index in [4.69, 9.17) is 5.73 Å². The second-order valence-corrected chi connectivity index (χ2v) is 9.29. The number of fused-ring (bicyclic) bond motifs is 1. The van der Waals surface area contributed by atoms with Crippen LogP contribution in [0.15, 0.2) is 30.5 Å². The zero-order chi connectivity index (χ0) is 21.1. The first kappa shape index (κ1) is 21.2. The predicted octanol–water partition coefficient (Wildman–Crippen LogP) is 2.33. The van der Waals surface area contributed by atoms with Crippen LogP contribution in [0, 0.1) is 5.92 Å². The van der Waals surface area contributed by atoms with Crippen molar-refractivity contribution >= 4 is 16.8 Å². The van der Waals surface area contributed by atoms with Crippen LogP contribution in [0.3, 0.4) is 0 Å². The van der Waals surface area contributed by atoms with Gasteiger partial charge < -0.3 is 16.0 Å². The number of carbonyl (C=O) groups excluding carboxylic acids is 1. The van der Waals surface area contributed by atoms with Crippen LogP contribution in [0.4, 0.5) is 0 Å². The Hall–Kier alpha value is -2.02. The molecule has 0 saturated carbocycles. The summed E-state index contributed by atoms with van der Waals surface area (Å²) in [6, 6.07) is 8.84. The first-order chi connectivity index (χ1) is 14.5. The normalized spacial score (nSPS) is 24.2. The molecule has 3 N–H and O–H groups in total. The number of hydrogen-bond donors (Lipinski definition) is 2. The average Bonchev–Trinajstić information content (AvgIpc) is 2.74. The fraction of sp³-hybridized carbons (Fsp3) is 0.583. The summed E-state index contributed by atoms with van der Waals surface area (Å²) in [6.07, 6.45) is 5.08. The molecule has 0 spiro atoms. The highest BCUT2D eigenvalue weighted by molar-refractivity contribution is 5.85. The summed E-state index contributed by atoms with van der Waals surface area (Å²) in [7, 11) is 2.15. The van der Waals surface area contributed by atoms with Gasteiger partial charge in [-0.15, -0.1) is 0 Å². The SMILES string of the molecule is C[C@@H]1C[C@H](c2ccc(CN)c3ncccc23)CN(CC(=O)NC2CCN(C)CC2)C1. The Morgan fingerprint density at radius 1 is 1.23 bits per heavy atom. The molecule has 1 aromatic carbocycles. The second-order valence-electron chi connectivity index (χ2n) is 9.29. The highest BCUT2D eigenvalue weighted by atomic mass is 16.2. The summed E-state index contributed by atoms with van der Waals surface area (Å²) in [5.74, 6) is 1.13. The van der Waals surface area contributed by atoms with Crippen molar-refractivity contribution in [2.24, 2.45) is 11.7 Å². The number of rotatable bonds is 5. The Morgan fingerprint density at radius 2 is 2.03 bits per heavy atom. The minimum atomic E-state index is 0.169. The van der Waals surface area contributed by atoms with Gasteiger partial charge in [-0.1, -0.05) is 25.1 Å². The van der Waals surface area contributed by atoms with Gasteiger partial charge in [0.15, 0.2) is 0 Å². The zero-order valence-corrected chi connectivity index (χ0v) is 18.3. The third kappa shape index (κ3) is 4.82. The number of likely N-dealkylation sites (tertiary alicyclic amines) is 2. The lowest BCUT2D eigenvalue weighted by molar-refractivity contribution is -0.123. The predicted molar refractivity (Wildman–Crippen MR) is 121 cm³/mol. The lowest BCUT2D eigenvalue weighted by Gasteiger charge is -2.37. The molecule has 2 saturated heterocycles. The van der Waals surface area contributed by atoms with Gasteiger partial charge in [0.05, 0.1) is 12.1 Å². The molecule has 0 bridgehead atoms. The van der Waals surface area contributed by atoms with Gasteiger partial charge in [-0.3, -0.25) is 14.7 Å². The Labute approximate surface area is 179 Å². The maximum Gasteiger partial charge on any atom is 0.234 e. The van der Waals surface area contributed by atoms with Crippen molar-refractivity contribution in [2.75, 3.05) is 39.8 Å². The first-order valence-electron chi connectivity index (χ1n) is 11.3. The summed E-state index contributed by atoms with van der Waals surface area (Å²) in [4.78, 5) is 22.0. The Kier molecular flexibility index (Phi) is 6.66. The van der Waals surface area contributed by atoms with Gasteiger partial charge in [0.1, 0.15) is 0 Å². The molecule has 1 aromatic heterocycles. The molecule has 3 heterocycles. The summed E-state index contributed by atoms with van der Waals surface area (Å²) in [5, 5.41) is 4.47. The molecule has 0 aliphatic carbocycles. The molecule has 6 heteroatoms. The van der Waals surface area contributed by atoms with E-state index in [1.54, 1.807) is 0 Å². The number of piperidine rings is 2. The molecular weight excluding hydrogens is 374 g/mol. The number of benzene rings is 1. The third-order valence-corrected chi connectivity index (χ3v) is 6.73. The monoisotopic (exact) mass is 409 g/mol. The molecule has 6 nitrogen and oxygen atoms in total. The lowest BCUT2D eigenvalue weighted by atomic mass is 9.83. The van der Waals surface area contributed by atoms with Gasteiger partial charge in [-0.05, 0) is 68.4 Å². The van der Waals surface area contributed by atoms with Crippen LogP contribution < -0.4 is 11.1 Å². The Morgan fingerprint density at radius 3 is 2.80 bits per heavy atom. The van der Waals surface area contributed by atoms with Crippen molar-refractivity contribution in [3.05, 3.63) is 41.6 Å². The van der Waals surface area contributed by atoms with Crippen molar-refractivity contribution in [3.63, 3.8) is 0 Å².